The highest BCUT2D eigenvalue weighted by Crippen LogP contribution is 2.68. The van der Waals surface area contributed by atoms with Crippen LogP contribution in [0.25, 0.3) is 0 Å². The number of carbonyl (C=O) groups is 1. The summed E-state index contributed by atoms with van der Waals surface area (Å²) in [6, 6.07) is 0. The highest BCUT2D eigenvalue weighted by Gasteiger charge is 2.65. The first-order valence-corrected chi connectivity index (χ1v) is 13.1. The number of ketones is 1. The maximum Gasteiger partial charge on any atom is 0.163 e. The fourth-order valence-electron chi connectivity index (χ4n) is 9.00. The molecule has 4 fully saturated rings. The van der Waals surface area contributed by atoms with Gasteiger partial charge >= 0.3 is 0 Å². The standard InChI is InChI=1S/C27H46O5/c1-15(6-9-22(30)25(2,3)32)18-7-8-19-24-20(14-23(31)27(18,19)5)26(4)11-10-17(28)12-16(26)13-21(24)29/h15-21,23-24,28-29,31-32H,6-14H2,1-5H3/t15-,16+,17-,18-,19+,20+,21-,23+,24+,26+,27-/m1/s1. The first-order valence-electron chi connectivity index (χ1n) is 13.1. The van der Waals surface area contributed by atoms with Gasteiger partial charge in [0.2, 0.25) is 0 Å². The Morgan fingerprint density at radius 3 is 2.38 bits per heavy atom. The topological polar surface area (TPSA) is 98.0 Å². The number of hydrogen-bond acceptors (Lipinski definition) is 5. The van der Waals surface area contributed by atoms with Crippen molar-refractivity contribution in [2.24, 2.45) is 46.3 Å². The number of hydrogen-bond donors (Lipinski definition) is 4. The molecule has 0 aromatic carbocycles. The number of Topliss-reactive ketones (excluding diaryl/α,β-unsaturated/α-hetero) is 1. The summed E-state index contributed by atoms with van der Waals surface area (Å²) >= 11 is 0. The molecular formula is C27H46O5. The van der Waals surface area contributed by atoms with Crippen molar-refractivity contribution in [1.82, 2.24) is 0 Å². The number of aliphatic hydroxyl groups is 4. The molecule has 0 aromatic rings. The van der Waals surface area contributed by atoms with Gasteiger partial charge in [-0.25, -0.2) is 0 Å². The summed E-state index contributed by atoms with van der Waals surface area (Å²) in [7, 11) is 0. The predicted molar refractivity (Wildman–Crippen MR) is 124 cm³/mol. The van der Waals surface area contributed by atoms with Crippen molar-refractivity contribution < 1.29 is 25.2 Å². The number of aliphatic hydroxyl groups excluding tert-OH is 3. The molecule has 11 atom stereocenters. The Bertz CT molecular complexity index is 715. The van der Waals surface area contributed by atoms with Gasteiger partial charge in [-0.1, -0.05) is 20.8 Å². The number of fused-ring (bicyclic) bond motifs is 5. The second kappa shape index (κ2) is 8.32. The van der Waals surface area contributed by atoms with Crippen LogP contribution in [0.1, 0.15) is 92.4 Å². The van der Waals surface area contributed by atoms with Gasteiger partial charge < -0.3 is 20.4 Å². The minimum Gasteiger partial charge on any atom is -0.393 e. The van der Waals surface area contributed by atoms with Crippen LogP contribution in [0, 0.1) is 46.3 Å². The molecule has 4 rings (SSSR count). The van der Waals surface area contributed by atoms with Gasteiger partial charge in [-0.05, 0) is 112 Å². The summed E-state index contributed by atoms with van der Waals surface area (Å²) in [5, 5.41) is 43.2. The van der Waals surface area contributed by atoms with E-state index in [1.807, 2.05) is 0 Å². The molecule has 184 valence electrons. The lowest BCUT2D eigenvalue weighted by Gasteiger charge is -2.63. The number of carbonyl (C=O) groups excluding carboxylic acids is 1. The van der Waals surface area contributed by atoms with Crippen LogP contribution in [0.5, 0.6) is 0 Å². The maximum absolute atomic E-state index is 12.3. The second-order valence-electron chi connectivity index (χ2n) is 13.0. The third-order valence-corrected chi connectivity index (χ3v) is 11.0. The summed E-state index contributed by atoms with van der Waals surface area (Å²) in [4.78, 5) is 12.3. The summed E-state index contributed by atoms with van der Waals surface area (Å²) in [6.07, 6.45) is 6.28. The van der Waals surface area contributed by atoms with Crippen molar-refractivity contribution in [2.75, 3.05) is 0 Å². The molecule has 5 nitrogen and oxygen atoms in total. The third kappa shape index (κ3) is 3.79. The van der Waals surface area contributed by atoms with Gasteiger partial charge in [-0.3, -0.25) is 4.79 Å². The smallest absolute Gasteiger partial charge is 0.163 e. The Kier molecular flexibility index (Phi) is 6.40. The van der Waals surface area contributed by atoms with E-state index in [0.717, 1.165) is 51.4 Å². The van der Waals surface area contributed by atoms with E-state index in [0.29, 0.717) is 30.1 Å². The van der Waals surface area contributed by atoms with Gasteiger partial charge in [-0.15, -0.1) is 0 Å². The Balaban J connectivity index is 1.55. The van der Waals surface area contributed by atoms with Crippen molar-refractivity contribution in [3.05, 3.63) is 0 Å². The van der Waals surface area contributed by atoms with Gasteiger partial charge in [0.05, 0.1) is 18.3 Å². The minimum atomic E-state index is -1.29. The van der Waals surface area contributed by atoms with Crippen LogP contribution in [-0.4, -0.2) is 50.1 Å². The fourth-order valence-corrected chi connectivity index (χ4v) is 9.00. The van der Waals surface area contributed by atoms with Crippen molar-refractivity contribution in [3.63, 3.8) is 0 Å². The van der Waals surface area contributed by atoms with Crippen LogP contribution < -0.4 is 0 Å². The summed E-state index contributed by atoms with van der Waals surface area (Å²) in [5.41, 5.74) is -1.43. The van der Waals surface area contributed by atoms with Crippen molar-refractivity contribution in [2.45, 2.75) is 116 Å². The van der Waals surface area contributed by atoms with Gasteiger partial charge in [0.1, 0.15) is 5.60 Å². The third-order valence-electron chi connectivity index (χ3n) is 11.0. The molecule has 0 aliphatic heterocycles. The molecule has 0 unspecified atom stereocenters. The van der Waals surface area contributed by atoms with E-state index in [9.17, 15) is 25.2 Å². The van der Waals surface area contributed by atoms with E-state index in [4.69, 9.17) is 0 Å². The molecule has 5 heteroatoms. The first kappa shape index (κ1) is 24.6. The van der Waals surface area contributed by atoms with Crippen LogP contribution in [0.15, 0.2) is 0 Å². The summed E-state index contributed by atoms with van der Waals surface area (Å²) in [6.45, 7) is 9.92. The monoisotopic (exact) mass is 450 g/mol. The second-order valence-corrected chi connectivity index (χ2v) is 13.0. The average Bonchev–Trinajstić information content (AvgIpc) is 3.06. The van der Waals surface area contributed by atoms with Crippen LogP contribution in [0.3, 0.4) is 0 Å². The molecule has 0 bridgehead atoms. The molecule has 0 saturated heterocycles. The van der Waals surface area contributed by atoms with E-state index in [-0.39, 0.29) is 40.7 Å². The minimum absolute atomic E-state index is 0.0915. The Labute approximate surface area is 194 Å². The zero-order valence-corrected chi connectivity index (χ0v) is 20.8. The van der Waals surface area contributed by atoms with E-state index < -0.39 is 11.7 Å². The molecular weight excluding hydrogens is 404 g/mol. The van der Waals surface area contributed by atoms with Gasteiger partial charge in [0.15, 0.2) is 5.78 Å². The SMILES string of the molecule is C[C@H](CCC(=O)C(C)(C)O)[C@H]1CC[C@H]2[C@@H]3[C@H](O)C[C@@H]4C[C@H](O)CC[C@]4(C)[C@H]3C[C@H](O)[C@]12C. The molecule has 0 spiro atoms. The van der Waals surface area contributed by atoms with E-state index in [2.05, 4.69) is 20.8 Å². The van der Waals surface area contributed by atoms with Crippen LogP contribution in [0.2, 0.25) is 0 Å². The zero-order chi connectivity index (χ0) is 23.6. The molecule has 0 aromatic heterocycles. The molecule has 4 aliphatic rings. The Morgan fingerprint density at radius 1 is 1.03 bits per heavy atom. The van der Waals surface area contributed by atoms with Gasteiger partial charge in [0.25, 0.3) is 0 Å². The van der Waals surface area contributed by atoms with Crippen LogP contribution in [0.4, 0.5) is 0 Å². The summed E-state index contributed by atoms with van der Waals surface area (Å²) in [5.74, 6) is 1.66. The largest absolute Gasteiger partial charge is 0.393 e. The molecule has 0 heterocycles. The maximum atomic E-state index is 12.3. The zero-order valence-electron chi connectivity index (χ0n) is 20.8. The lowest BCUT2D eigenvalue weighted by molar-refractivity contribution is -0.207. The lowest BCUT2D eigenvalue weighted by atomic mass is 9.43. The average molecular weight is 451 g/mol. The molecule has 4 aliphatic carbocycles. The highest BCUT2D eigenvalue weighted by molar-refractivity contribution is 5.86. The van der Waals surface area contributed by atoms with E-state index >= 15 is 0 Å². The molecule has 0 radical (unpaired) electrons. The lowest BCUT2D eigenvalue weighted by Crippen LogP contribution is -2.62. The van der Waals surface area contributed by atoms with Crippen molar-refractivity contribution >= 4 is 5.78 Å². The van der Waals surface area contributed by atoms with Gasteiger partial charge in [0, 0.05) is 6.42 Å². The highest BCUT2D eigenvalue weighted by atomic mass is 16.3. The molecule has 4 saturated carbocycles. The van der Waals surface area contributed by atoms with Crippen molar-refractivity contribution in [3.8, 4) is 0 Å². The van der Waals surface area contributed by atoms with Crippen molar-refractivity contribution in [1.29, 1.82) is 0 Å². The predicted octanol–water partition coefficient (Wildman–Crippen LogP) is 3.70. The first-order chi connectivity index (χ1) is 14.8. The fraction of sp³-hybridized carbons (Fsp3) is 0.963. The molecule has 32 heavy (non-hydrogen) atoms. The van der Waals surface area contributed by atoms with E-state index in [1.54, 1.807) is 13.8 Å². The van der Waals surface area contributed by atoms with Crippen LogP contribution >= 0.6 is 0 Å². The van der Waals surface area contributed by atoms with Gasteiger partial charge in [-0.2, -0.15) is 0 Å². The quantitative estimate of drug-likeness (QED) is 0.512. The molecule has 0 amide bonds. The Hall–Kier alpha value is -0.490. The van der Waals surface area contributed by atoms with E-state index in [1.165, 1.54) is 0 Å². The Morgan fingerprint density at radius 2 is 1.72 bits per heavy atom. The summed E-state index contributed by atoms with van der Waals surface area (Å²) < 4.78 is 0. The normalized spacial score (nSPS) is 49.7. The molecule has 4 N–H and O–H groups in total. The van der Waals surface area contributed by atoms with Crippen LogP contribution in [-0.2, 0) is 4.79 Å². The number of rotatable bonds is 5.